The van der Waals surface area contributed by atoms with E-state index in [0.717, 1.165) is 0 Å². The van der Waals surface area contributed by atoms with Crippen LogP contribution in [-0.4, -0.2) is 64.6 Å². The highest BCUT2D eigenvalue weighted by molar-refractivity contribution is 7.80. The number of hydrogen-bond donors (Lipinski definition) is 7. The average molecular weight is 405 g/mol. The lowest BCUT2D eigenvalue weighted by atomic mass is 10.0. The van der Waals surface area contributed by atoms with Crippen LogP contribution in [0.5, 0.6) is 0 Å². The van der Waals surface area contributed by atoms with E-state index in [9.17, 15) is 24.0 Å². The number of carbonyl (C=O) groups is 5. The quantitative estimate of drug-likeness (QED) is 0.182. The number of carbonyl (C=O) groups excluding carboxylic acids is 4. The van der Waals surface area contributed by atoms with Gasteiger partial charge in [-0.15, -0.1) is 0 Å². The molecule has 27 heavy (non-hydrogen) atoms. The fraction of sp³-hybridized carbons (Fsp3) is 0.667. The minimum atomic E-state index is -1.39. The number of carboxylic acids is 1. The van der Waals surface area contributed by atoms with Crippen LogP contribution in [0, 0.1) is 5.92 Å². The third-order valence-corrected chi connectivity index (χ3v) is 3.94. The summed E-state index contributed by atoms with van der Waals surface area (Å²) in [6, 6.07) is -4.60. The molecule has 154 valence electrons. The lowest BCUT2D eigenvalue weighted by molar-refractivity contribution is -0.142. The molecule has 0 bridgehead atoms. The van der Waals surface area contributed by atoms with Crippen LogP contribution in [-0.2, 0) is 24.0 Å². The molecule has 0 saturated heterocycles. The first kappa shape index (κ1) is 24.7. The topological polar surface area (TPSA) is 194 Å². The fourth-order valence-electron chi connectivity index (χ4n) is 1.93. The Morgan fingerprint density at radius 2 is 1.52 bits per heavy atom. The van der Waals surface area contributed by atoms with E-state index in [-0.39, 0.29) is 11.7 Å². The Balaban J connectivity index is 5.26. The average Bonchev–Trinajstić information content (AvgIpc) is 2.56. The molecular formula is C15H27N5O6S. The molecule has 8 N–H and O–H groups in total. The SMILES string of the molecule is CC(NC(=O)C(CC(N)=O)NC(=O)C(NC(=O)C(N)CS)C(C)C)C(=O)O. The molecule has 0 aliphatic rings. The summed E-state index contributed by atoms with van der Waals surface area (Å²) in [7, 11) is 0. The van der Waals surface area contributed by atoms with E-state index < -0.39 is 60.2 Å². The Morgan fingerprint density at radius 3 is 1.93 bits per heavy atom. The van der Waals surface area contributed by atoms with Crippen LogP contribution in [0.2, 0.25) is 0 Å². The van der Waals surface area contributed by atoms with Gasteiger partial charge in [-0.2, -0.15) is 12.6 Å². The molecule has 0 aromatic carbocycles. The monoisotopic (exact) mass is 405 g/mol. The lowest BCUT2D eigenvalue weighted by Crippen LogP contribution is -2.58. The van der Waals surface area contributed by atoms with Gasteiger partial charge in [-0.05, 0) is 12.8 Å². The first-order chi connectivity index (χ1) is 12.4. The molecule has 0 radical (unpaired) electrons. The Kier molecular flexibility index (Phi) is 10.4. The van der Waals surface area contributed by atoms with Crippen molar-refractivity contribution in [3.05, 3.63) is 0 Å². The zero-order valence-electron chi connectivity index (χ0n) is 15.4. The van der Waals surface area contributed by atoms with Crippen molar-refractivity contribution in [1.29, 1.82) is 0 Å². The van der Waals surface area contributed by atoms with Crippen LogP contribution in [0.4, 0.5) is 0 Å². The summed E-state index contributed by atoms with van der Waals surface area (Å²) >= 11 is 3.91. The maximum absolute atomic E-state index is 12.5. The Morgan fingerprint density at radius 1 is 0.963 bits per heavy atom. The zero-order valence-corrected chi connectivity index (χ0v) is 16.3. The lowest BCUT2D eigenvalue weighted by Gasteiger charge is -2.26. The summed E-state index contributed by atoms with van der Waals surface area (Å²) in [6.07, 6.45) is -0.543. The molecule has 0 aromatic heterocycles. The summed E-state index contributed by atoms with van der Waals surface area (Å²) in [4.78, 5) is 58.7. The largest absolute Gasteiger partial charge is 0.480 e. The minimum absolute atomic E-state index is 0.0675. The molecule has 11 nitrogen and oxygen atoms in total. The predicted octanol–water partition coefficient (Wildman–Crippen LogP) is -2.67. The van der Waals surface area contributed by atoms with Crippen molar-refractivity contribution >= 4 is 42.2 Å². The highest BCUT2D eigenvalue weighted by atomic mass is 32.1. The van der Waals surface area contributed by atoms with Gasteiger partial charge in [0.05, 0.1) is 12.5 Å². The number of primary amides is 1. The van der Waals surface area contributed by atoms with Crippen molar-refractivity contribution in [3.63, 3.8) is 0 Å². The van der Waals surface area contributed by atoms with E-state index in [2.05, 4.69) is 28.6 Å². The first-order valence-corrected chi connectivity index (χ1v) is 8.82. The van der Waals surface area contributed by atoms with Gasteiger partial charge in [0.2, 0.25) is 23.6 Å². The van der Waals surface area contributed by atoms with Crippen LogP contribution in [0.15, 0.2) is 0 Å². The predicted molar refractivity (Wildman–Crippen MR) is 99.6 cm³/mol. The van der Waals surface area contributed by atoms with E-state index in [1.165, 1.54) is 6.92 Å². The molecule has 4 amide bonds. The molecule has 0 spiro atoms. The van der Waals surface area contributed by atoms with Crippen molar-refractivity contribution in [2.75, 3.05) is 5.75 Å². The van der Waals surface area contributed by atoms with E-state index in [1.807, 2.05) is 0 Å². The van der Waals surface area contributed by atoms with Crippen LogP contribution in [0.1, 0.15) is 27.2 Å². The number of carboxylic acid groups (broad SMARTS) is 1. The number of nitrogens with two attached hydrogens (primary N) is 2. The summed E-state index contributed by atoms with van der Waals surface area (Å²) in [5.41, 5.74) is 10.7. The highest BCUT2D eigenvalue weighted by Gasteiger charge is 2.31. The van der Waals surface area contributed by atoms with Gasteiger partial charge in [0, 0.05) is 5.75 Å². The minimum Gasteiger partial charge on any atom is -0.480 e. The maximum atomic E-state index is 12.5. The molecule has 12 heteroatoms. The zero-order chi connectivity index (χ0) is 21.3. The molecule has 0 aliphatic carbocycles. The summed E-state index contributed by atoms with van der Waals surface area (Å²) < 4.78 is 0. The summed E-state index contributed by atoms with van der Waals surface area (Å²) in [5.74, 6) is -4.70. The van der Waals surface area contributed by atoms with E-state index in [1.54, 1.807) is 13.8 Å². The second-order valence-corrected chi connectivity index (χ2v) is 6.68. The van der Waals surface area contributed by atoms with E-state index in [0.29, 0.717) is 0 Å². The standard InChI is InChI=1S/C15H27N5O6S/c1-6(2)11(20-12(22)8(16)5-27)14(24)19-9(4-10(17)21)13(23)18-7(3)15(25)26/h6-9,11,27H,4-5,16H2,1-3H3,(H2,17,21)(H,18,23)(H,19,24)(H,20,22)(H,25,26). The summed E-state index contributed by atoms with van der Waals surface area (Å²) in [5, 5.41) is 15.8. The second-order valence-electron chi connectivity index (χ2n) is 6.32. The Labute approximate surface area is 162 Å². The Hall–Kier alpha value is -2.34. The van der Waals surface area contributed by atoms with Gasteiger partial charge >= 0.3 is 5.97 Å². The third kappa shape index (κ3) is 8.73. The van der Waals surface area contributed by atoms with Crippen LogP contribution in [0.3, 0.4) is 0 Å². The Bertz CT molecular complexity index is 585. The first-order valence-electron chi connectivity index (χ1n) is 8.19. The van der Waals surface area contributed by atoms with Gasteiger partial charge < -0.3 is 32.5 Å². The third-order valence-electron chi connectivity index (χ3n) is 3.55. The molecule has 0 aromatic rings. The number of amides is 4. The van der Waals surface area contributed by atoms with E-state index >= 15 is 0 Å². The molecule has 0 fully saturated rings. The number of aliphatic carboxylic acids is 1. The van der Waals surface area contributed by atoms with Crippen molar-refractivity contribution in [1.82, 2.24) is 16.0 Å². The number of rotatable bonds is 11. The highest BCUT2D eigenvalue weighted by Crippen LogP contribution is 2.05. The number of thiol groups is 1. The molecule has 4 unspecified atom stereocenters. The number of hydrogen-bond acceptors (Lipinski definition) is 7. The molecule has 4 atom stereocenters. The van der Waals surface area contributed by atoms with Gasteiger partial charge in [0.15, 0.2) is 0 Å². The fourth-order valence-corrected chi connectivity index (χ4v) is 2.09. The van der Waals surface area contributed by atoms with Crippen LogP contribution < -0.4 is 27.4 Å². The van der Waals surface area contributed by atoms with Crippen molar-refractivity contribution < 1.29 is 29.1 Å². The van der Waals surface area contributed by atoms with Gasteiger partial charge in [-0.1, -0.05) is 13.8 Å². The van der Waals surface area contributed by atoms with Crippen molar-refractivity contribution in [2.45, 2.75) is 51.4 Å². The maximum Gasteiger partial charge on any atom is 0.325 e. The van der Waals surface area contributed by atoms with Gasteiger partial charge in [0.25, 0.3) is 0 Å². The molecule has 0 saturated carbocycles. The van der Waals surface area contributed by atoms with Crippen molar-refractivity contribution in [3.8, 4) is 0 Å². The van der Waals surface area contributed by atoms with Crippen LogP contribution in [0.25, 0.3) is 0 Å². The molecular weight excluding hydrogens is 378 g/mol. The van der Waals surface area contributed by atoms with Gasteiger partial charge in [0.1, 0.15) is 18.1 Å². The number of nitrogens with one attached hydrogen (secondary N) is 3. The normalized spacial score (nSPS) is 15.2. The van der Waals surface area contributed by atoms with E-state index in [4.69, 9.17) is 16.6 Å². The molecule has 0 aliphatic heterocycles. The van der Waals surface area contributed by atoms with Gasteiger partial charge in [-0.25, -0.2) is 0 Å². The second kappa shape index (κ2) is 11.4. The summed E-state index contributed by atoms with van der Waals surface area (Å²) in [6.45, 7) is 4.54. The van der Waals surface area contributed by atoms with Crippen molar-refractivity contribution in [2.24, 2.45) is 17.4 Å². The molecule has 0 rings (SSSR count). The van der Waals surface area contributed by atoms with Crippen LogP contribution >= 0.6 is 12.6 Å². The molecule has 0 heterocycles. The smallest absolute Gasteiger partial charge is 0.325 e. The van der Waals surface area contributed by atoms with Gasteiger partial charge in [-0.3, -0.25) is 24.0 Å².